The third-order valence-corrected chi connectivity index (χ3v) is 12.2. The normalized spacial score (nSPS) is 35.8. The van der Waals surface area contributed by atoms with Gasteiger partial charge in [0.2, 0.25) is 0 Å². The zero-order chi connectivity index (χ0) is 35.1. The topological polar surface area (TPSA) is 136 Å². The van der Waals surface area contributed by atoms with Gasteiger partial charge in [0.25, 0.3) is 0 Å². The van der Waals surface area contributed by atoms with E-state index in [-0.39, 0.29) is 42.7 Å². The number of ketones is 1. The summed E-state index contributed by atoms with van der Waals surface area (Å²) in [5.41, 5.74) is -4.89. The maximum absolute atomic E-state index is 15.0. The standard InChI is InChI=1S/C38H58O9/c1-10-11-12-13-14-15-16-17-29(40)47-37-20-24(5)36-19-23(4)33(46-34(43)25(6)22(2)3)38(36,44)31(41)27(21-45-26(7)39)18-28(32(36)42)30(37)35(37,8)9/h18-19,22,24-25,28,30-31,33,41,44H,10-17,20-21H2,1-9H3/t24-,25?,28+,30-,31-,33+,36+,37+,38+/m1/s1. The Morgan fingerprint density at radius 2 is 1.66 bits per heavy atom. The maximum atomic E-state index is 15.0. The van der Waals surface area contributed by atoms with Crippen LogP contribution in [0.25, 0.3) is 0 Å². The summed E-state index contributed by atoms with van der Waals surface area (Å²) in [4.78, 5) is 53.7. The Bertz CT molecular complexity index is 1300. The van der Waals surface area contributed by atoms with Crippen LogP contribution in [0.5, 0.6) is 0 Å². The average molecular weight is 659 g/mol. The zero-order valence-electron chi connectivity index (χ0n) is 30.0. The van der Waals surface area contributed by atoms with Gasteiger partial charge in [0, 0.05) is 30.6 Å². The van der Waals surface area contributed by atoms with Gasteiger partial charge in [0.05, 0.1) is 11.3 Å². The lowest BCUT2D eigenvalue weighted by Crippen LogP contribution is -2.66. The lowest BCUT2D eigenvalue weighted by atomic mass is 9.59. The summed E-state index contributed by atoms with van der Waals surface area (Å²) in [5.74, 6) is -4.18. The molecule has 0 aromatic carbocycles. The highest BCUT2D eigenvalue weighted by atomic mass is 16.6. The molecule has 0 saturated heterocycles. The molecular formula is C38H58O9. The average Bonchev–Trinajstić information content (AvgIpc) is 3.39. The van der Waals surface area contributed by atoms with E-state index in [1.165, 1.54) is 26.2 Å². The summed E-state index contributed by atoms with van der Waals surface area (Å²) in [6, 6.07) is 0. The molecule has 9 heteroatoms. The molecule has 2 N–H and O–H groups in total. The van der Waals surface area contributed by atoms with Gasteiger partial charge in [-0.15, -0.1) is 0 Å². The van der Waals surface area contributed by atoms with Crippen molar-refractivity contribution in [2.24, 2.45) is 40.4 Å². The van der Waals surface area contributed by atoms with Crippen LogP contribution in [0.2, 0.25) is 0 Å². The van der Waals surface area contributed by atoms with Crippen molar-refractivity contribution >= 4 is 23.7 Å². The van der Waals surface area contributed by atoms with Gasteiger partial charge in [0.1, 0.15) is 18.3 Å². The number of carbonyl (C=O) groups excluding carboxylic acids is 4. The fourth-order valence-electron chi connectivity index (χ4n) is 9.04. The lowest BCUT2D eigenvalue weighted by Gasteiger charge is -2.49. The van der Waals surface area contributed by atoms with Crippen molar-refractivity contribution in [1.29, 1.82) is 0 Å². The molecule has 0 amide bonds. The molecular weight excluding hydrogens is 600 g/mol. The van der Waals surface area contributed by atoms with E-state index >= 15 is 4.79 Å². The SMILES string of the molecule is CCCCCCCCCC(=O)O[C@@]12C[C@@H](C)[C@]34C=C(C)[C@H](OC(=O)C(C)C(C)C)[C@@]3(O)[C@H](O)C(COC(C)=O)=C[C@H](C4=O)[C@@H]1C2(C)C. The molecule has 2 bridgehead atoms. The van der Waals surface area contributed by atoms with E-state index in [0.717, 1.165) is 25.7 Å². The quantitative estimate of drug-likeness (QED) is 0.0991. The van der Waals surface area contributed by atoms with Gasteiger partial charge in [-0.05, 0) is 42.7 Å². The molecule has 0 aliphatic heterocycles. The van der Waals surface area contributed by atoms with E-state index in [1.807, 2.05) is 34.6 Å². The van der Waals surface area contributed by atoms with Crippen molar-refractivity contribution < 1.29 is 43.6 Å². The molecule has 1 unspecified atom stereocenters. The molecule has 0 radical (unpaired) electrons. The number of fused-ring (bicyclic) bond motifs is 3. The molecule has 47 heavy (non-hydrogen) atoms. The van der Waals surface area contributed by atoms with E-state index in [1.54, 1.807) is 26.0 Å². The summed E-state index contributed by atoms with van der Waals surface area (Å²) in [5, 5.41) is 25.0. The highest BCUT2D eigenvalue weighted by molar-refractivity contribution is 5.96. The van der Waals surface area contributed by atoms with E-state index in [9.17, 15) is 24.6 Å². The molecule has 4 aliphatic carbocycles. The number of ether oxygens (including phenoxy) is 3. The second-order valence-electron chi connectivity index (χ2n) is 15.8. The van der Waals surface area contributed by atoms with Crippen LogP contribution in [0.4, 0.5) is 0 Å². The summed E-state index contributed by atoms with van der Waals surface area (Å²) in [6.07, 6.45) is 8.38. The zero-order valence-corrected chi connectivity index (χ0v) is 30.0. The van der Waals surface area contributed by atoms with Crippen molar-refractivity contribution in [3.05, 3.63) is 23.3 Å². The number of hydrogen-bond donors (Lipinski definition) is 2. The maximum Gasteiger partial charge on any atom is 0.309 e. The highest BCUT2D eigenvalue weighted by Gasteiger charge is 2.83. The van der Waals surface area contributed by atoms with Crippen LogP contribution in [0, 0.1) is 40.4 Å². The molecule has 9 atom stereocenters. The van der Waals surface area contributed by atoms with Crippen molar-refractivity contribution in [3.8, 4) is 0 Å². The first-order chi connectivity index (χ1) is 21.9. The van der Waals surface area contributed by atoms with Crippen LogP contribution in [0.1, 0.15) is 120 Å². The fraction of sp³-hybridized carbons (Fsp3) is 0.789. The summed E-state index contributed by atoms with van der Waals surface area (Å²) in [6.45, 7) is 16.1. The summed E-state index contributed by atoms with van der Waals surface area (Å²) < 4.78 is 17.8. The number of esters is 3. The van der Waals surface area contributed by atoms with Crippen LogP contribution < -0.4 is 0 Å². The first kappa shape index (κ1) is 37.3. The Labute approximate surface area is 280 Å². The molecule has 1 spiro atoms. The number of Topliss-reactive ketones (excluding diaryl/α,β-unsaturated/α-hetero) is 1. The van der Waals surface area contributed by atoms with E-state index in [0.29, 0.717) is 5.57 Å². The fourth-order valence-corrected chi connectivity index (χ4v) is 9.04. The Balaban J connectivity index is 1.73. The molecule has 0 aromatic rings. The molecule has 9 nitrogen and oxygen atoms in total. The van der Waals surface area contributed by atoms with Crippen molar-refractivity contribution in [2.75, 3.05) is 6.61 Å². The van der Waals surface area contributed by atoms with Gasteiger partial charge in [0.15, 0.2) is 17.5 Å². The van der Waals surface area contributed by atoms with Crippen LogP contribution in [0.15, 0.2) is 23.3 Å². The second kappa shape index (κ2) is 13.8. The minimum atomic E-state index is -2.29. The van der Waals surface area contributed by atoms with Crippen LogP contribution in [-0.4, -0.2) is 63.9 Å². The third kappa shape index (κ3) is 6.13. The Hall–Kier alpha value is -2.52. The van der Waals surface area contributed by atoms with Gasteiger partial charge >= 0.3 is 17.9 Å². The van der Waals surface area contributed by atoms with Crippen LogP contribution in [0.3, 0.4) is 0 Å². The third-order valence-electron chi connectivity index (χ3n) is 12.2. The van der Waals surface area contributed by atoms with Gasteiger partial charge in [-0.1, -0.05) is 99.1 Å². The molecule has 264 valence electrons. The molecule has 2 saturated carbocycles. The van der Waals surface area contributed by atoms with Crippen LogP contribution >= 0.6 is 0 Å². The summed E-state index contributed by atoms with van der Waals surface area (Å²) >= 11 is 0. The Morgan fingerprint density at radius 3 is 2.26 bits per heavy atom. The van der Waals surface area contributed by atoms with E-state index in [4.69, 9.17) is 14.2 Å². The summed E-state index contributed by atoms with van der Waals surface area (Å²) in [7, 11) is 0. The molecule has 2 fully saturated rings. The highest BCUT2D eigenvalue weighted by Crippen LogP contribution is 2.75. The number of aliphatic hydroxyl groups excluding tert-OH is 1. The van der Waals surface area contributed by atoms with Gasteiger partial charge in [-0.3, -0.25) is 19.2 Å². The first-order valence-corrected chi connectivity index (χ1v) is 17.8. The number of allylic oxidation sites excluding steroid dienone is 1. The number of carbonyl (C=O) groups is 4. The molecule has 0 aromatic heterocycles. The van der Waals surface area contributed by atoms with Gasteiger partial charge < -0.3 is 24.4 Å². The Morgan fingerprint density at radius 1 is 1.04 bits per heavy atom. The van der Waals surface area contributed by atoms with Crippen molar-refractivity contribution in [2.45, 2.75) is 144 Å². The number of hydrogen-bond acceptors (Lipinski definition) is 9. The number of rotatable bonds is 14. The second-order valence-corrected chi connectivity index (χ2v) is 15.8. The first-order valence-electron chi connectivity index (χ1n) is 17.8. The van der Waals surface area contributed by atoms with Gasteiger partial charge in [-0.2, -0.15) is 0 Å². The smallest absolute Gasteiger partial charge is 0.309 e. The number of aliphatic hydroxyl groups is 2. The van der Waals surface area contributed by atoms with E-state index in [2.05, 4.69) is 6.92 Å². The van der Waals surface area contributed by atoms with E-state index < -0.39 is 69.9 Å². The van der Waals surface area contributed by atoms with Crippen molar-refractivity contribution in [1.82, 2.24) is 0 Å². The number of unbranched alkanes of at least 4 members (excludes halogenated alkanes) is 6. The predicted octanol–water partition coefficient (Wildman–Crippen LogP) is 6.04. The minimum absolute atomic E-state index is 0.0389. The minimum Gasteiger partial charge on any atom is -0.461 e. The van der Waals surface area contributed by atoms with Crippen molar-refractivity contribution in [3.63, 3.8) is 0 Å². The largest absolute Gasteiger partial charge is 0.461 e. The monoisotopic (exact) mass is 658 g/mol. The molecule has 4 rings (SSSR count). The lowest BCUT2D eigenvalue weighted by molar-refractivity contribution is -0.207. The predicted molar refractivity (Wildman–Crippen MR) is 177 cm³/mol. The van der Waals surface area contributed by atoms with Gasteiger partial charge in [-0.25, -0.2) is 0 Å². The molecule has 0 heterocycles. The van der Waals surface area contributed by atoms with Crippen LogP contribution in [-0.2, 0) is 33.4 Å². The Kier molecular flexibility index (Phi) is 10.9. The molecule has 4 aliphatic rings.